The molecule has 0 saturated carbocycles. The minimum atomic E-state index is -0.110. The number of halogens is 1. The number of carbonyl (C=O) groups is 1. The van der Waals surface area contributed by atoms with Gasteiger partial charge in [-0.1, -0.05) is 29.8 Å². The number of rotatable bonds is 7. The number of hydrogen-bond donors (Lipinski definition) is 1. The Morgan fingerprint density at radius 2 is 2.00 bits per heavy atom. The van der Waals surface area contributed by atoms with Gasteiger partial charge in [0.05, 0.1) is 5.69 Å². The summed E-state index contributed by atoms with van der Waals surface area (Å²) in [5.41, 5.74) is 3.55. The van der Waals surface area contributed by atoms with Crippen LogP contribution in [0, 0.1) is 6.92 Å². The van der Waals surface area contributed by atoms with Crippen LogP contribution in [0.3, 0.4) is 0 Å². The summed E-state index contributed by atoms with van der Waals surface area (Å²) >= 11 is 5.95. The van der Waals surface area contributed by atoms with E-state index in [0.29, 0.717) is 29.5 Å². The smallest absolute Gasteiger partial charge is 0.251 e. The van der Waals surface area contributed by atoms with Gasteiger partial charge in [0.2, 0.25) is 0 Å². The van der Waals surface area contributed by atoms with E-state index in [1.54, 1.807) is 24.3 Å². The van der Waals surface area contributed by atoms with Gasteiger partial charge < -0.3 is 10.1 Å². The second-order valence-electron chi connectivity index (χ2n) is 6.22. The number of aryl methyl sites for hydroxylation is 2. The third-order valence-corrected chi connectivity index (χ3v) is 4.46. The normalized spacial score (nSPS) is 10.6. The molecule has 6 heteroatoms. The molecule has 0 unspecified atom stereocenters. The molecule has 0 aliphatic heterocycles. The maximum Gasteiger partial charge on any atom is 0.251 e. The van der Waals surface area contributed by atoms with Gasteiger partial charge in [-0.3, -0.25) is 9.48 Å². The predicted octanol–water partition coefficient (Wildman–Crippen LogP) is 4.37. The van der Waals surface area contributed by atoms with Gasteiger partial charge in [-0.05, 0) is 49.7 Å². The van der Waals surface area contributed by atoms with E-state index >= 15 is 0 Å². The molecule has 0 fully saturated rings. The van der Waals surface area contributed by atoms with Crippen molar-refractivity contribution in [2.45, 2.75) is 33.5 Å². The second-order valence-corrected chi connectivity index (χ2v) is 6.66. The molecule has 0 aliphatic rings. The van der Waals surface area contributed by atoms with Crippen molar-refractivity contribution >= 4 is 17.5 Å². The van der Waals surface area contributed by atoms with Gasteiger partial charge >= 0.3 is 0 Å². The summed E-state index contributed by atoms with van der Waals surface area (Å²) in [6, 6.07) is 14.7. The Balaban J connectivity index is 1.54. The molecule has 3 rings (SSSR count). The molecule has 0 spiro atoms. The number of aromatic nitrogens is 2. The zero-order chi connectivity index (χ0) is 19.2. The van der Waals surface area contributed by atoms with E-state index in [-0.39, 0.29) is 5.91 Å². The third kappa shape index (κ3) is 5.11. The monoisotopic (exact) mass is 383 g/mol. The van der Waals surface area contributed by atoms with E-state index in [0.717, 1.165) is 23.4 Å². The molecule has 0 radical (unpaired) electrons. The number of benzene rings is 2. The summed E-state index contributed by atoms with van der Waals surface area (Å²) in [5, 5.41) is 7.96. The Hall–Kier alpha value is -2.79. The van der Waals surface area contributed by atoms with Gasteiger partial charge in [-0.15, -0.1) is 0 Å². The first-order valence-electron chi connectivity index (χ1n) is 8.83. The quantitative estimate of drug-likeness (QED) is 0.659. The molecule has 27 heavy (non-hydrogen) atoms. The highest BCUT2D eigenvalue weighted by atomic mass is 35.5. The molecule has 1 aromatic heterocycles. The van der Waals surface area contributed by atoms with Crippen LogP contribution in [0.15, 0.2) is 54.7 Å². The molecule has 1 heterocycles. The molecule has 1 amide bonds. The Bertz CT molecular complexity index is 919. The van der Waals surface area contributed by atoms with Crippen molar-refractivity contribution in [1.82, 2.24) is 15.1 Å². The molecule has 0 bridgehead atoms. The number of nitrogens with zero attached hydrogens (tertiary/aromatic N) is 2. The number of carbonyl (C=O) groups excluding carboxylic acids is 1. The van der Waals surface area contributed by atoms with E-state index in [1.165, 1.54) is 0 Å². The van der Waals surface area contributed by atoms with E-state index in [1.807, 2.05) is 49.0 Å². The van der Waals surface area contributed by atoms with Gasteiger partial charge in [0, 0.05) is 35.4 Å². The molecule has 1 N–H and O–H groups in total. The molecule has 5 nitrogen and oxygen atoms in total. The summed E-state index contributed by atoms with van der Waals surface area (Å²) in [6.45, 7) is 5.67. The van der Waals surface area contributed by atoms with Crippen LogP contribution in [0.5, 0.6) is 5.75 Å². The van der Waals surface area contributed by atoms with Gasteiger partial charge in [0.15, 0.2) is 0 Å². The lowest BCUT2D eigenvalue weighted by atomic mass is 10.1. The Labute approximate surface area is 163 Å². The molecule has 140 valence electrons. The lowest BCUT2D eigenvalue weighted by Gasteiger charge is -2.08. The van der Waals surface area contributed by atoms with E-state index in [4.69, 9.17) is 16.3 Å². The SMILES string of the molecule is CCn1cc(CNC(=O)c2ccc(COc3cccc(Cl)c3)cc2)c(C)n1. The van der Waals surface area contributed by atoms with Crippen LogP contribution in [-0.4, -0.2) is 15.7 Å². The standard InChI is InChI=1S/C21H22ClN3O2/c1-3-25-13-18(15(2)24-25)12-23-21(26)17-9-7-16(8-10-17)14-27-20-6-4-5-19(22)11-20/h4-11,13H,3,12,14H2,1-2H3,(H,23,26). The molecule has 0 aliphatic carbocycles. The summed E-state index contributed by atoms with van der Waals surface area (Å²) in [4.78, 5) is 12.3. The first kappa shape index (κ1) is 19.0. The Kier molecular flexibility index (Phi) is 6.14. The van der Waals surface area contributed by atoms with Crippen LogP contribution in [0.1, 0.15) is 34.1 Å². The van der Waals surface area contributed by atoms with E-state index < -0.39 is 0 Å². The second kappa shape index (κ2) is 8.73. The van der Waals surface area contributed by atoms with Crippen LogP contribution in [0.4, 0.5) is 0 Å². The molecular weight excluding hydrogens is 362 g/mol. The molecular formula is C21H22ClN3O2. The van der Waals surface area contributed by atoms with Crippen molar-refractivity contribution < 1.29 is 9.53 Å². The highest BCUT2D eigenvalue weighted by molar-refractivity contribution is 6.30. The fourth-order valence-corrected chi connectivity index (χ4v) is 2.83. The van der Waals surface area contributed by atoms with Crippen LogP contribution < -0.4 is 10.1 Å². The summed E-state index contributed by atoms with van der Waals surface area (Å²) in [5.74, 6) is 0.605. The zero-order valence-corrected chi connectivity index (χ0v) is 16.2. The minimum absolute atomic E-state index is 0.110. The first-order chi connectivity index (χ1) is 13.0. The van der Waals surface area contributed by atoms with Crippen molar-refractivity contribution in [1.29, 1.82) is 0 Å². The van der Waals surface area contributed by atoms with Crippen LogP contribution in [0.25, 0.3) is 0 Å². The van der Waals surface area contributed by atoms with Crippen LogP contribution in [-0.2, 0) is 19.7 Å². The van der Waals surface area contributed by atoms with Gasteiger partial charge in [0.25, 0.3) is 5.91 Å². The van der Waals surface area contributed by atoms with Crippen molar-refractivity contribution in [2.24, 2.45) is 0 Å². The van der Waals surface area contributed by atoms with E-state index in [9.17, 15) is 4.79 Å². The fourth-order valence-electron chi connectivity index (χ4n) is 2.65. The molecule has 0 atom stereocenters. The van der Waals surface area contributed by atoms with Crippen molar-refractivity contribution in [2.75, 3.05) is 0 Å². The maximum atomic E-state index is 12.3. The largest absolute Gasteiger partial charge is 0.489 e. The Morgan fingerprint density at radius 1 is 1.22 bits per heavy atom. The van der Waals surface area contributed by atoms with E-state index in [2.05, 4.69) is 10.4 Å². The van der Waals surface area contributed by atoms with Gasteiger partial charge in [0.1, 0.15) is 12.4 Å². The Morgan fingerprint density at radius 3 is 2.67 bits per heavy atom. The number of nitrogens with one attached hydrogen (secondary N) is 1. The van der Waals surface area contributed by atoms with Gasteiger partial charge in [-0.25, -0.2) is 0 Å². The van der Waals surface area contributed by atoms with Gasteiger partial charge in [-0.2, -0.15) is 5.10 Å². The summed E-state index contributed by atoms with van der Waals surface area (Å²) in [6.07, 6.45) is 1.96. The lowest BCUT2D eigenvalue weighted by Crippen LogP contribution is -2.22. The highest BCUT2D eigenvalue weighted by Gasteiger charge is 2.09. The molecule has 0 saturated heterocycles. The average Bonchev–Trinajstić information content (AvgIpc) is 3.05. The summed E-state index contributed by atoms with van der Waals surface area (Å²) in [7, 11) is 0. The number of amides is 1. The average molecular weight is 384 g/mol. The summed E-state index contributed by atoms with van der Waals surface area (Å²) < 4.78 is 7.58. The topological polar surface area (TPSA) is 56.2 Å². The first-order valence-corrected chi connectivity index (χ1v) is 9.21. The predicted molar refractivity (Wildman–Crippen MR) is 106 cm³/mol. The lowest BCUT2D eigenvalue weighted by molar-refractivity contribution is 0.0951. The number of ether oxygens (including phenoxy) is 1. The van der Waals surface area contributed by atoms with Crippen LogP contribution in [0.2, 0.25) is 5.02 Å². The minimum Gasteiger partial charge on any atom is -0.489 e. The fraction of sp³-hybridized carbons (Fsp3) is 0.238. The molecule has 3 aromatic rings. The third-order valence-electron chi connectivity index (χ3n) is 4.23. The number of hydrogen-bond acceptors (Lipinski definition) is 3. The zero-order valence-electron chi connectivity index (χ0n) is 15.4. The van der Waals surface area contributed by atoms with Crippen molar-refractivity contribution in [3.8, 4) is 5.75 Å². The van der Waals surface area contributed by atoms with Crippen LogP contribution >= 0.6 is 11.6 Å². The highest BCUT2D eigenvalue weighted by Crippen LogP contribution is 2.18. The van der Waals surface area contributed by atoms with Crippen molar-refractivity contribution in [3.05, 3.63) is 82.1 Å². The molecule has 2 aromatic carbocycles. The maximum absolute atomic E-state index is 12.3. The van der Waals surface area contributed by atoms with Crippen molar-refractivity contribution in [3.63, 3.8) is 0 Å².